The van der Waals surface area contributed by atoms with Crippen LogP contribution in [0.3, 0.4) is 0 Å². The second kappa shape index (κ2) is 5.25. The van der Waals surface area contributed by atoms with Gasteiger partial charge in [-0.3, -0.25) is 4.79 Å². The monoisotopic (exact) mass is 355 g/mol. The van der Waals surface area contributed by atoms with Gasteiger partial charge in [-0.1, -0.05) is 28.1 Å². The largest absolute Gasteiger partial charge is 0.334 e. The SMILES string of the molecule is O=C1c2cc(Br)ccc2CN1CCc1cn2ccccc2n1. The van der Waals surface area contributed by atoms with Gasteiger partial charge in [0.2, 0.25) is 0 Å². The first-order valence-electron chi connectivity index (χ1n) is 7.21. The molecule has 2 aromatic heterocycles. The van der Waals surface area contributed by atoms with Crippen LogP contribution in [0.5, 0.6) is 0 Å². The molecule has 5 heteroatoms. The molecule has 110 valence electrons. The number of imidazole rings is 1. The van der Waals surface area contributed by atoms with Crippen LogP contribution in [0.15, 0.2) is 53.3 Å². The van der Waals surface area contributed by atoms with Gasteiger partial charge in [-0.2, -0.15) is 0 Å². The minimum atomic E-state index is 0.111. The van der Waals surface area contributed by atoms with Crippen LogP contribution in [0.2, 0.25) is 0 Å². The summed E-state index contributed by atoms with van der Waals surface area (Å²) in [5, 5.41) is 0. The quantitative estimate of drug-likeness (QED) is 0.722. The molecule has 1 aliphatic rings. The Kier molecular flexibility index (Phi) is 3.22. The standard InChI is InChI=1S/C17H14BrN3O/c18-13-5-4-12-10-21(17(22)15(12)9-13)8-6-14-11-20-7-2-1-3-16(20)19-14/h1-5,7,9,11H,6,8,10H2. The zero-order valence-corrected chi connectivity index (χ0v) is 13.5. The third-order valence-corrected chi connectivity index (χ3v) is 4.50. The van der Waals surface area contributed by atoms with Crippen molar-refractivity contribution in [3.8, 4) is 0 Å². The van der Waals surface area contributed by atoms with Gasteiger partial charge in [0, 0.05) is 41.9 Å². The Bertz CT molecular complexity index is 838. The average molecular weight is 356 g/mol. The number of fused-ring (bicyclic) bond motifs is 2. The molecule has 1 aromatic carbocycles. The lowest BCUT2D eigenvalue weighted by Gasteiger charge is -2.14. The second-order valence-electron chi connectivity index (χ2n) is 5.48. The molecule has 1 amide bonds. The number of hydrogen-bond acceptors (Lipinski definition) is 2. The Morgan fingerprint density at radius 2 is 2.14 bits per heavy atom. The summed E-state index contributed by atoms with van der Waals surface area (Å²) in [4.78, 5) is 18.9. The van der Waals surface area contributed by atoms with Gasteiger partial charge in [0.25, 0.3) is 5.91 Å². The molecule has 3 heterocycles. The molecule has 0 radical (unpaired) electrons. The lowest BCUT2D eigenvalue weighted by molar-refractivity contribution is 0.0780. The number of pyridine rings is 1. The highest BCUT2D eigenvalue weighted by Crippen LogP contribution is 2.26. The third-order valence-electron chi connectivity index (χ3n) is 4.00. The van der Waals surface area contributed by atoms with E-state index in [1.807, 2.05) is 58.1 Å². The number of rotatable bonds is 3. The molecular weight excluding hydrogens is 342 g/mol. The fourth-order valence-corrected chi connectivity index (χ4v) is 3.23. The number of aromatic nitrogens is 2. The number of benzene rings is 1. The van der Waals surface area contributed by atoms with Crippen molar-refractivity contribution in [3.63, 3.8) is 0 Å². The maximum Gasteiger partial charge on any atom is 0.254 e. The highest BCUT2D eigenvalue weighted by molar-refractivity contribution is 9.10. The Morgan fingerprint density at radius 3 is 3.00 bits per heavy atom. The molecule has 3 aromatic rings. The number of halogens is 1. The molecule has 22 heavy (non-hydrogen) atoms. The fourth-order valence-electron chi connectivity index (χ4n) is 2.87. The molecule has 0 saturated carbocycles. The summed E-state index contributed by atoms with van der Waals surface area (Å²) in [7, 11) is 0. The summed E-state index contributed by atoms with van der Waals surface area (Å²) in [5.74, 6) is 0.111. The highest BCUT2D eigenvalue weighted by Gasteiger charge is 2.27. The van der Waals surface area contributed by atoms with E-state index in [2.05, 4.69) is 20.9 Å². The third kappa shape index (κ3) is 2.31. The molecule has 4 nitrogen and oxygen atoms in total. The first kappa shape index (κ1) is 13.5. The lowest BCUT2D eigenvalue weighted by Crippen LogP contribution is -2.26. The summed E-state index contributed by atoms with van der Waals surface area (Å²) >= 11 is 3.42. The topological polar surface area (TPSA) is 37.6 Å². The van der Waals surface area contributed by atoms with Gasteiger partial charge in [-0.25, -0.2) is 4.98 Å². The summed E-state index contributed by atoms with van der Waals surface area (Å²) in [6.45, 7) is 1.38. The predicted octanol–water partition coefficient (Wildman–Crippen LogP) is 3.30. The van der Waals surface area contributed by atoms with E-state index in [9.17, 15) is 4.79 Å². The van der Waals surface area contributed by atoms with Crippen molar-refractivity contribution in [1.82, 2.24) is 14.3 Å². The Balaban J connectivity index is 1.50. The zero-order chi connectivity index (χ0) is 15.1. The Labute approximate surface area is 136 Å². The van der Waals surface area contributed by atoms with Gasteiger partial charge in [-0.05, 0) is 29.8 Å². The second-order valence-corrected chi connectivity index (χ2v) is 6.39. The van der Waals surface area contributed by atoms with Crippen molar-refractivity contribution in [3.05, 3.63) is 70.1 Å². The van der Waals surface area contributed by atoms with Gasteiger partial charge in [-0.15, -0.1) is 0 Å². The molecule has 0 saturated heterocycles. The predicted molar refractivity (Wildman–Crippen MR) is 87.8 cm³/mol. The molecule has 0 spiro atoms. The normalized spacial score (nSPS) is 13.9. The van der Waals surface area contributed by atoms with Crippen LogP contribution in [0.1, 0.15) is 21.6 Å². The molecule has 0 N–H and O–H groups in total. The average Bonchev–Trinajstić information content (AvgIpc) is 3.07. The molecule has 0 atom stereocenters. The van der Waals surface area contributed by atoms with Crippen LogP contribution < -0.4 is 0 Å². The number of hydrogen-bond donors (Lipinski definition) is 0. The first-order chi connectivity index (χ1) is 10.7. The van der Waals surface area contributed by atoms with Crippen LogP contribution in [0.25, 0.3) is 5.65 Å². The van der Waals surface area contributed by atoms with Gasteiger partial charge in [0.05, 0.1) is 5.69 Å². The van der Waals surface area contributed by atoms with Crippen molar-refractivity contribution in [2.75, 3.05) is 6.54 Å². The first-order valence-corrected chi connectivity index (χ1v) is 8.00. The van der Waals surface area contributed by atoms with Gasteiger partial charge in [0.1, 0.15) is 5.65 Å². The maximum atomic E-state index is 12.4. The van der Waals surface area contributed by atoms with Crippen LogP contribution in [-0.2, 0) is 13.0 Å². The van der Waals surface area contributed by atoms with Gasteiger partial charge >= 0.3 is 0 Å². The Morgan fingerprint density at radius 1 is 1.23 bits per heavy atom. The molecule has 1 aliphatic heterocycles. The van der Waals surface area contributed by atoms with Gasteiger partial charge < -0.3 is 9.30 Å². The molecule has 0 fully saturated rings. The molecule has 4 rings (SSSR count). The van der Waals surface area contributed by atoms with E-state index in [1.165, 1.54) is 0 Å². The maximum absolute atomic E-state index is 12.4. The number of carbonyl (C=O) groups is 1. The lowest BCUT2D eigenvalue weighted by atomic mass is 10.1. The minimum Gasteiger partial charge on any atom is -0.334 e. The Hall–Kier alpha value is -2.14. The van der Waals surface area contributed by atoms with E-state index < -0.39 is 0 Å². The molecule has 0 bridgehead atoms. The molecular formula is C17H14BrN3O. The van der Waals surface area contributed by atoms with Crippen LogP contribution in [0.4, 0.5) is 0 Å². The van der Waals surface area contributed by atoms with E-state index in [1.54, 1.807) is 0 Å². The summed E-state index contributed by atoms with van der Waals surface area (Å²) in [5.41, 5.74) is 3.86. The number of nitrogens with zero attached hydrogens (tertiary/aromatic N) is 3. The van der Waals surface area contributed by atoms with Gasteiger partial charge in [0.15, 0.2) is 0 Å². The van der Waals surface area contributed by atoms with Crippen molar-refractivity contribution < 1.29 is 4.79 Å². The summed E-state index contributed by atoms with van der Waals surface area (Å²) in [6.07, 6.45) is 4.78. The van der Waals surface area contributed by atoms with Crippen LogP contribution in [0, 0.1) is 0 Å². The van der Waals surface area contributed by atoms with Crippen molar-refractivity contribution in [2.24, 2.45) is 0 Å². The zero-order valence-electron chi connectivity index (χ0n) is 11.9. The van der Waals surface area contributed by atoms with Crippen molar-refractivity contribution >= 4 is 27.5 Å². The van der Waals surface area contributed by atoms with Crippen molar-refractivity contribution in [2.45, 2.75) is 13.0 Å². The molecule has 0 unspecified atom stereocenters. The molecule has 0 aliphatic carbocycles. The highest BCUT2D eigenvalue weighted by atomic mass is 79.9. The number of carbonyl (C=O) groups excluding carboxylic acids is 1. The summed E-state index contributed by atoms with van der Waals surface area (Å²) < 4.78 is 2.95. The van der Waals surface area contributed by atoms with E-state index in [4.69, 9.17) is 0 Å². The van der Waals surface area contributed by atoms with E-state index >= 15 is 0 Å². The van der Waals surface area contributed by atoms with Crippen LogP contribution >= 0.6 is 15.9 Å². The minimum absolute atomic E-state index is 0.111. The van der Waals surface area contributed by atoms with E-state index in [0.29, 0.717) is 13.1 Å². The van der Waals surface area contributed by atoms with E-state index in [-0.39, 0.29) is 5.91 Å². The number of amides is 1. The smallest absolute Gasteiger partial charge is 0.254 e. The van der Waals surface area contributed by atoms with Crippen molar-refractivity contribution in [1.29, 1.82) is 0 Å². The summed E-state index contributed by atoms with van der Waals surface area (Å²) in [6, 6.07) is 11.8. The van der Waals surface area contributed by atoms with E-state index in [0.717, 1.165) is 33.4 Å². The van der Waals surface area contributed by atoms with Crippen LogP contribution in [-0.4, -0.2) is 26.7 Å². The fraction of sp³-hybridized carbons (Fsp3) is 0.176.